The molecule has 0 aliphatic heterocycles. The van der Waals surface area contributed by atoms with Crippen LogP contribution in [0, 0.1) is 0 Å². The molecule has 2 atom stereocenters. The Labute approximate surface area is 220 Å². The third-order valence-electron chi connectivity index (χ3n) is 6.30. The summed E-state index contributed by atoms with van der Waals surface area (Å²) in [5, 5.41) is 17.1. The van der Waals surface area contributed by atoms with E-state index in [1.807, 2.05) is 24.3 Å². The summed E-state index contributed by atoms with van der Waals surface area (Å²) in [6.45, 7) is 6.15. The lowest BCUT2D eigenvalue weighted by molar-refractivity contribution is 0.0875. The summed E-state index contributed by atoms with van der Waals surface area (Å²) in [4.78, 5) is 16.6. The molecule has 1 heterocycles. The van der Waals surface area contributed by atoms with Gasteiger partial charge in [-0.25, -0.2) is 4.98 Å². The second-order valence-electron chi connectivity index (χ2n) is 9.46. The molecule has 0 bridgehead atoms. The van der Waals surface area contributed by atoms with Gasteiger partial charge in [-0.3, -0.25) is 4.79 Å². The average Bonchev–Trinajstić information content (AvgIpc) is 3.45. The van der Waals surface area contributed by atoms with E-state index in [1.165, 1.54) is 42.8 Å². The lowest BCUT2D eigenvalue weighted by atomic mass is 10.00. The highest BCUT2D eigenvalue weighted by Gasteiger charge is 2.20. The van der Waals surface area contributed by atoms with Crippen LogP contribution in [0.25, 0.3) is 0 Å². The molecule has 3 rings (SSSR count). The smallest absolute Gasteiger partial charge is 0.307 e. The number of rotatable bonds is 17. The van der Waals surface area contributed by atoms with Crippen molar-refractivity contribution in [3.8, 4) is 5.75 Å². The molecule has 3 aromatic rings. The predicted octanol–water partition coefficient (Wildman–Crippen LogP) is 5.08. The lowest BCUT2D eigenvalue weighted by Crippen LogP contribution is -2.41. The van der Waals surface area contributed by atoms with E-state index < -0.39 is 12.0 Å². The van der Waals surface area contributed by atoms with Gasteiger partial charge in [-0.1, -0.05) is 69.5 Å². The first-order valence-electron chi connectivity index (χ1n) is 13.5. The first-order valence-corrected chi connectivity index (χ1v) is 13.5. The molecule has 200 valence electrons. The minimum absolute atomic E-state index is 0.0141. The summed E-state index contributed by atoms with van der Waals surface area (Å²) in [5.74, 6) is 0.468. The number of aromatic nitrogens is 1. The van der Waals surface area contributed by atoms with Crippen LogP contribution in [0.1, 0.15) is 73.3 Å². The van der Waals surface area contributed by atoms with Gasteiger partial charge in [0.25, 0.3) is 5.89 Å². The number of hydrogen-bond donors (Lipinski definition) is 3. The van der Waals surface area contributed by atoms with Gasteiger partial charge in [-0.2, -0.15) is 0 Å². The predicted molar refractivity (Wildman–Crippen MR) is 146 cm³/mol. The number of carbonyl (C=O) groups is 1. The van der Waals surface area contributed by atoms with Gasteiger partial charge in [0.05, 0.1) is 18.9 Å². The van der Waals surface area contributed by atoms with Crippen molar-refractivity contribution in [1.82, 2.24) is 15.6 Å². The van der Waals surface area contributed by atoms with Gasteiger partial charge < -0.3 is 24.9 Å². The van der Waals surface area contributed by atoms with E-state index in [1.54, 1.807) is 0 Å². The maximum atomic E-state index is 12.6. The number of carbonyl (C=O) groups excluding carboxylic acids is 1. The number of oxazole rings is 1. The Morgan fingerprint density at radius 1 is 1.05 bits per heavy atom. The fraction of sp³-hybridized carbons (Fsp3) is 0.467. The Bertz CT molecular complexity index is 1040. The van der Waals surface area contributed by atoms with Crippen LogP contribution in [0.2, 0.25) is 0 Å². The van der Waals surface area contributed by atoms with Crippen LogP contribution in [0.15, 0.2) is 65.4 Å². The number of aliphatic hydroxyl groups is 1. The molecule has 2 unspecified atom stereocenters. The first kappa shape index (κ1) is 28.4. The Kier molecular flexibility index (Phi) is 12.2. The van der Waals surface area contributed by atoms with Crippen molar-refractivity contribution < 1.29 is 19.1 Å². The van der Waals surface area contributed by atoms with Crippen molar-refractivity contribution in [3.63, 3.8) is 0 Å². The zero-order chi connectivity index (χ0) is 26.3. The minimum atomic E-state index is -0.630. The average molecular weight is 508 g/mol. The Morgan fingerprint density at radius 3 is 2.59 bits per heavy atom. The van der Waals surface area contributed by atoms with Crippen LogP contribution in [-0.4, -0.2) is 41.3 Å². The van der Waals surface area contributed by atoms with Crippen LogP contribution < -0.4 is 15.4 Å². The van der Waals surface area contributed by atoms with Crippen LogP contribution in [0.4, 0.5) is 0 Å². The van der Waals surface area contributed by atoms with Gasteiger partial charge >= 0.3 is 5.91 Å². The van der Waals surface area contributed by atoms with E-state index in [9.17, 15) is 9.90 Å². The molecule has 0 spiro atoms. The monoisotopic (exact) mass is 507 g/mol. The highest BCUT2D eigenvalue weighted by molar-refractivity contribution is 5.89. The van der Waals surface area contributed by atoms with Crippen LogP contribution >= 0.6 is 0 Å². The van der Waals surface area contributed by atoms with E-state index in [-0.39, 0.29) is 11.9 Å². The molecule has 1 amide bonds. The Hall–Kier alpha value is -3.16. The molecule has 0 radical (unpaired) electrons. The molecular weight excluding hydrogens is 466 g/mol. The quantitative estimate of drug-likeness (QED) is 0.221. The van der Waals surface area contributed by atoms with Crippen molar-refractivity contribution >= 4 is 5.91 Å². The largest absolute Gasteiger partial charge is 0.494 e. The first-order chi connectivity index (χ1) is 18.1. The van der Waals surface area contributed by atoms with Crippen molar-refractivity contribution in [1.29, 1.82) is 0 Å². The molecule has 7 nitrogen and oxygen atoms in total. The van der Waals surface area contributed by atoms with Crippen molar-refractivity contribution in [2.75, 3.05) is 13.2 Å². The topological polar surface area (TPSA) is 96.6 Å². The van der Waals surface area contributed by atoms with Gasteiger partial charge in [-0.15, -0.1) is 0 Å². The summed E-state index contributed by atoms with van der Waals surface area (Å²) in [6.07, 6.45) is 8.82. The van der Waals surface area contributed by atoms with Crippen LogP contribution in [0.3, 0.4) is 0 Å². The Balaban J connectivity index is 1.53. The number of nitrogens with one attached hydrogen (secondary N) is 2. The maximum Gasteiger partial charge on any atom is 0.307 e. The SMILES string of the molecule is CCCCCCOc1ccc(CC(CC(O)CNCc2cccc(CC)c2)NC(=O)c2ncco2)cc1. The molecule has 3 N–H and O–H groups in total. The normalized spacial score (nSPS) is 12.7. The van der Waals surface area contributed by atoms with Gasteiger partial charge in [0, 0.05) is 19.1 Å². The number of amides is 1. The molecule has 0 aliphatic carbocycles. The number of nitrogens with zero attached hydrogens (tertiary/aromatic N) is 1. The number of aliphatic hydroxyl groups excluding tert-OH is 1. The third-order valence-corrected chi connectivity index (χ3v) is 6.30. The second kappa shape index (κ2) is 15.8. The van der Waals surface area contributed by atoms with Gasteiger partial charge in [0.15, 0.2) is 0 Å². The zero-order valence-electron chi connectivity index (χ0n) is 22.1. The summed E-state index contributed by atoms with van der Waals surface area (Å²) in [5.41, 5.74) is 3.53. The summed E-state index contributed by atoms with van der Waals surface area (Å²) in [6, 6.07) is 16.1. The molecule has 0 fully saturated rings. The molecule has 2 aromatic carbocycles. The zero-order valence-corrected chi connectivity index (χ0v) is 22.1. The number of aryl methyl sites for hydroxylation is 1. The van der Waals surface area contributed by atoms with Crippen LogP contribution in [-0.2, 0) is 19.4 Å². The van der Waals surface area contributed by atoms with Crippen molar-refractivity contribution in [2.24, 2.45) is 0 Å². The lowest BCUT2D eigenvalue weighted by Gasteiger charge is -2.22. The second-order valence-corrected chi connectivity index (χ2v) is 9.46. The van der Waals surface area contributed by atoms with E-state index >= 15 is 0 Å². The maximum absolute atomic E-state index is 12.6. The molecule has 1 aromatic heterocycles. The van der Waals surface area contributed by atoms with Crippen molar-refractivity contribution in [3.05, 3.63) is 83.6 Å². The molecule has 0 aliphatic rings. The van der Waals surface area contributed by atoms with E-state index in [2.05, 4.69) is 53.7 Å². The van der Waals surface area contributed by atoms with Crippen molar-refractivity contribution in [2.45, 2.75) is 77.5 Å². The molecule has 37 heavy (non-hydrogen) atoms. The molecule has 7 heteroatoms. The number of hydrogen-bond acceptors (Lipinski definition) is 6. The third kappa shape index (κ3) is 10.4. The number of benzene rings is 2. The van der Waals surface area contributed by atoms with Crippen LogP contribution in [0.5, 0.6) is 5.75 Å². The highest BCUT2D eigenvalue weighted by atomic mass is 16.5. The van der Waals surface area contributed by atoms with Gasteiger partial charge in [-0.05, 0) is 54.5 Å². The summed E-state index contributed by atoms with van der Waals surface area (Å²) >= 11 is 0. The minimum Gasteiger partial charge on any atom is -0.494 e. The van der Waals surface area contributed by atoms with Gasteiger partial charge in [0.2, 0.25) is 0 Å². The van der Waals surface area contributed by atoms with E-state index in [4.69, 9.17) is 9.15 Å². The van der Waals surface area contributed by atoms with Gasteiger partial charge in [0.1, 0.15) is 12.0 Å². The highest BCUT2D eigenvalue weighted by Crippen LogP contribution is 2.16. The number of unbranched alkanes of at least 4 members (excludes halogenated alkanes) is 3. The fourth-order valence-electron chi connectivity index (χ4n) is 4.26. The summed E-state index contributed by atoms with van der Waals surface area (Å²) < 4.78 is 11.0. The fourth-order valence-corrected chi connectivity index (χ4v) is 4.26. The van der Waals surface area contributed by atoms with E-state index in [0.29, 0.717) is 25.9 Å². The van der Waals surface area contributed by atoms with E-state index in [0.717, 1.165) is 30.8 Å². The molecule has 0 saturated heterocycles. The standard InChI is InChI=1S/C30H41N3O4/c1-3-5-6-7-16-36-28-13-11-24(12-14-28)19-26(33-29(35)30-32-15-17-37-30)20-27(34)22-31-21-25-10-8-9-23(4-2)18-25/h8-15,17-18,26-27,31,34H,3-7,16,19-22H2,1-2H3,(H,33,35). The molecular formula is C30H41N3O4. The molecule has 0 saturated carbocycles. The summed E-state index contributed by atoms with van der Waals surface area (Å²) in [7, 11) is 0. The Morgan fingerprint density at radius 2 is 1.86 bits per heavy atom. The number of ether oxygens (including phenoxy) is 1.